The number of amides is 1. The first kappa shape index (κ1) is 18.2. The summed E-state index contributed by atoms with van der Waals surface area (Å²) < 4.78 is 57.1. The van der Waals surface area contributed by atoms with E-state index in [4.69, 9.17) is 4.74 Å². The Balaban J connectivity index is 1.77. The third kappa shape index (κ3) is 3.04. The SMILES string of the molecule is O=C1OCC2=C1[C@@H](c1ccc(C(F)(F)F)cc1)CC(=O)N2c1cccc(F)c1. The molecule has 144 valence electrons. The summed E-state index contributed by atoms with van der Waals surface area (Å²) in [5, 5.41) is 0. The van der Waals surface area contributed by atoms with E-state index < -0.39 is 35.4 Å². The average Bonchev–Trinajstić information content (AvgIpc) is 3.02. The van der Waals surface area contributed by atoms with E-state index in [0.29, 0.717) is 5.56 Å². The molecule has 0 spiro atoms. The number of hydrogen-bond donors (Lipinski definition) is 0. The molecule has 4 nitrogen and oxygen atoms in total. The molecule has 1 atom stereocenters. The first-order valence-electron chi connectivity index (χ1n) is 8.41. The molecule has 0 N–H and O–H groups in total. The Labute approximate surface area is 157 Å². The average molecular weight is 391 g/mol. The van der Waals surface area contributed by atoms with Crippen LogP contribution in [-0.4, -0.2) is 18.5 Å². The van der Waals surface area contributed by atoms with Crippen LogP contribution in [0.3, 0.4) is 0 Å². The molecule has 0 fully saturated rings. The summed E-state index contributed by atoms with van der Waals surface area (Å²) in [7, 11) is 0. The fourth-order valence-corrected chi connectivity index (χ4v) is 3.56. The lowest BCUT2D eigenvalue weighted by atomic mass is 9.84. The molecule has 28 heavy (non-hydrogen) atoms. The third-order valence-corrected chi connectivity index (χ3v) is 4.82. The van der Waals surface area contributed by atoms with Crippen LogP contribution in [0.5, 0.6) is 0 Å². The Morgan fingerprint density at radius 1 is 1.04 bits per heavy atom. The van der Waals surface area contributed by atoms with E-state index in [2.05, 4.69) is 0 Å². The van der Waals surface area contributed by atoms with Crippen LogP contribution in [0.4, 0.5) is 23.2 Å². The van der Waals surface area contributed by atoms with Crippen LogP contribution in [0.2, 0.25) is 0 Å². The molecule has 2 aliphatic rings. The predicted octanol–water partition coefficient (Wildman–Crippen LogP) is 4.18. The van der Waals surface area contributed by atoms with Gasteiger partial charge in [0.15, 0.2) is 0 Å². The van der Waals surface area contributed by atoms with Gasteiger partial charge in [-0.2, -0.15) is 13.2 Å². The number of alkyl halides is 3. The standard InChI is InChI=1S/C20H13F4NO3/c21-13-2-1-3-14(8-13)25-16-10-28-19(27)18(16)15(9-17(25)26)11-4-6-12(7-5-11)20(22,23)24/h1-8,15H,9-10H2/t15-/m1/s1. The summed E-state index contributed by atoms with van der Waals surface area (Å²) in [6.45, 7) is -0.159. The van der Waals surface area contributed by atoms with Crippen molar-refractivity contribution in [3.63, 3.8) is 0 Å². The largest absolute Gasteiger partial charge is 0.456 e. The van der Waals surface area contributed by atoms with Crippen LogP contribution in [-0.2, 0) is 20.5 Å². The first-order valence-corrected chi connectivity index (χ1v) is 8.41. The minimum Gasteiger partial charge on any atom is -0.456 e. The second kappa shape index (κ2) is 6.47. The zero-order chi connectivity index (χ0) is 20.1. The highest BCUT2D eigenvalue weighted by atomic mass is 19.4. The molecule has 0 radical (unpaired) electrons. The number of halogens is 4. The van der Waals surface area contributed by atoms with Crippen molar-refractivity contribution in [3.8, 4) is 0 Å². The van der Waals surface area contributed by atoms with Gasteiger partial charge in [0.2, 0.25) is 5.91 Å². The third-order valence-electron chi connectivity index (χ3n) is 4.82. The van der Waals surface area contributed by atoms with Crippen molar-refractivity contribution in [3.05, 3.63) is 76.7 Å². The predicted molar refractivity (Wildman–Crippen MR) is 90.7 cm³/mol. The maximum absolute atomic E-state index is 13.6. The number of cyclic esters (lactones) is 1. The highest BCUT2D eigenvalue weighted by molar-refractivity contribution is 6.06. The van der Waals surface area contributed by atoms with Crippen LogP contribution in [0.15, 0.2) is 59.8 Å². The molecule has 8 heteroatoms. The molecule has 2 heterocycles. The number of carbonyl (C=O) groups is 2. The molecule has 1 amide bonds. The van der Waals surface area contributed by atoms with Gasteiger partial charge in [0.05, 0.1) is 22.5 Å². The van der Waals surface area contributed by atoms with E-state index in [1.165, 1.54) is 41.3 Å². The molecule has 0 aromatic heterocycles. The Kier molecular flexibility index (Phi) is 4.21. The van der Waals surface area contributed by atoms with E-state index in [1.807, 2.05) is 0 Å². The quantitative estimate of drug-likeness (QED) is 0.570. The zero-order valence-corrected chi connectivity index (χ0v) is 14.3. The second-order valence-electron chi connectivity index (χ2n) is 6.52. The van der Waals surface area contributed by atoms with Gasteiger partial charge in [0, 0.05) is 12.3 Å². The molecule has 2 aliphatic heterocycles. The molecule has 0 saturated heterocycles. The summed E-state index contributed by atoms with van der Waals surface area (Å²) in [4.78, 5) is 26.3. The van der Waals surface area contributed by atoms with Crippen LogP contribution < -0.4 is 4.90 Å². The highest BCUT2D eigenvalue weighted by Gasteiger charge is 2.43. The topological polar surface area (TPSA) is 46.6 Å². The number of esters is 1. The van der Waals surface area contributed by atoms with Gasteiger partial charge in [-0.15, -0.1) is 0 Å². The van der Waals surface area contributed by atoms with Gasteiger partial charge >= 0.3 is 12.1 Å². The Morgan fingerprint density at radius 2 is 1.75 bits per heavy atom. The number of carbonyl (C=O) groups excluding carboxylic acids is 2. The van der Waals surface area contributed by atoms with Crippen molar-refractivity contribution in [1.29, 1.82) is 0 Å². The first-order chi connectivity index (χ1) is 13.3. The van der Waals surface area contributed by atoms with Gasteiger partial charge in [0.1, 0.15) is 12.4 Å². The summed E-state index contributed by atoms with van der Waals surface area (Å²) in [6.07, 6.45) is -4.62. The number of anilines is 1. The minimum atomic E-state index is -4.48. The maximum atomic E-state index is 13.6. The van der Waals surface area contributed by atoms with Crippen molar-refractivity contribution >= 4 is 17.6 Å². The lowest BCUT2D eigenvalue weighted by molar-refractivity contribution is -0.138. The van der Waals surface area contributed by atoms with E-state index in [1.54, 1.807) is 0 Å². The van der Waals surface area contributed by atoms with Gasteiger partial charge in [-0.1, -0.05) is 18.2 Å². The smallest absolute Gasteiger partial charge is 0.416 e. The van der Waals surface area contributed by atoms with Crippen molar-refractivity contribution in [2.45, 2.75) is 18.5 Å². The van der Waals surface area contributed by atoms with E-state index >= 15 is 0 Å². The molecular formula is C20H13F4NO3. The summed E-state index contributed by atoms with van der Waals surface area (Å²) in [5.41, 5.74) is 0.358. The normalized spacial score (nSPS) is 19.7. The number of ether oxygens (including phenoxy) is 1. The van der Waals surface area contributed by atoms with Gasteiger partial charge in [-0.05, 0) is 35.9 Å². The Bertz CT molecular complexity index is 995. The Hall–Kier alpha value is -3.16. The van der Waals surface area contributed by atoms with Gasteiger partial charge in [-0.3, -0.25) is 9.69 Å². The monoisotopic (exact) mass is 391 g/mol. The minimum absolute atomic E-state index is 0.143. The van der Waals surface area contributed by atoms with E-state index in [9.17, 15) is 27.2 Å². The maximum Gasteiger partial charge on any atom is 0.416 e. The van der Waals surface area contributed by atoms with Crippen LogP contribution >= 0.6 is 0 Å². The number of hydrogen-bond acceptors (Lipinski definition) is 3. The zero-order valence-electron chi connectivity index (χ0n) is 14.3. The number of benzene rings is 2. The molecule has 0 aliphatic carbocycles. The van der Waals surface area contributed by atoms with E-state index in [-0.39, 0.29) is 30.0 Å². The summed E-state index contributed by atoms with van der Waals surface area (Å²) in [6, 6.07) is 9.73. The van der Waals surface area contributed by atoms with Crippen LogP contribution in [0.1, 0.15) is 23.5 Å². The van der Waals surface area contributed by atoms with Crippen molar-refractivity contribution in [2.24, 2.45) is 0 Å². The molecule has 4 rings (SSSR count). The summed E-state index contributed by atoms with van der Waals surface area (Å²) >= 11 is 0. The molecule has 2 aromatic rings. The second-order valence-corrected chi connectivity index (χ2v) is 6.52. The van der Waals surface area contributed by atoms with Gasteiger partial charge in [0.25, 0.3) is 0 Å². The molecule has 0 unspecified atom stereocenters. The Morgan fingerprint density at radius 3 is 2.39 bits per heavy atom. The number of nitrogens with zero attached hydrogens (tertiary/aromatic N) is 1. The number of rotatable bonds is 2. The fourth-order valence-electron chi connectivity index (χ4n) is 3.56. The summed E-state index contributed by atoms with van der Waals surface area (Å²) in [5.74, 6) is -2.28. The van der Waals surface area contributed by atoms with Crippen molar-refractivity contribution in [2.75, 3.05) is 11.5 Å². The molecular weight excluding hydrogens is 378 g/mol. The van der Waals surface area contributed by atoms with Gasteiger partial charge in [-0.25, -0.2) is 9.18 Å². The van der Waals surface area contributed by atoms with Crippen LogP contribution in [0.25, 0.3) is 0 Å². The van der Waals surface area contributed by atoms with Gasteiger partial charge < -0.3 is 4.74 Å². The van der Waals surface area contributed by atoms with Crippen molar-refractivity contribution < 1.29 is 31.9 Å². The lowest BCUT2D eigenvalue weighted by Gasteiger charge is -2.32. The van der Waals surface area contributed by atoms with E-state index in [0.717, 1.165) is 12.1 Å². The highest BCUT2D eigenvalue weighted by Crippen LogP contribution is 2.42. The fraction of sp³-hybridized carbons (Fsp3) is 0.200. The molecule has 2 aromatic carbocycles. The lowest BCUT2D eigenvalue weighted by Crippen LogP contribution is -2.37. The van der Waals surface area contributed by atoms with Crippen LogP contribution in [0, 0.1) is 5.82 Å². The van der Waals surface area contributed by atoms with Crippen molar-refractivity contribution in [1.82, 2.24) is 0 Å². The molecule has 0 bridgehead atoms. The molecule has 0 saturated carbocycles.